The zero-order valence-electron chi connectivity index (χ0n) is 10.5. The molecule has 0 saturated heterocycles. The van der Waals surface area contributed by atoms with E-state index in [4.69, 9.17) is 5.11 Å². The average molecular weight is 270 g/mol. The molecule has 0 fully saturated rings. The molecule has 0 aliphatic rings. The molecule has 0 aromatic heterocycles. The van der Waals surface area contributed by atoms with Gasteiger partial charge >= 0.3 is 0 Å². The van der Waals surface area contributed by atoms with Crippen LogP contribution in [-0.4, -0.2) is 40.5 Å². The minimum Gasteiger partial charge on any atom is -0.395 e. The average Bonchev–Trinajstić information content (AvgIpc) is 2.37. The summed E-state index contributed by atoms with van der Waals surface area (Å²) in [4.78, 5) is 23.5. The first-order valence-electron chi connectivity index (χ1n) is 5.85. The third kappa shape index (κ3) is 3.72. The lowest BCUT2D eigenvalue weighted by Gasteiger charge is -2.20. The second kappa shape index (κ2) is 6.79. The van der Waals surface area contributed by atoms with Crippen molar-refractivity contribution in [3.05, 3.63) is 39.7 Å². The van der Waals surface area contributed by atoms with Crippen molar-refractivity contribution in [2.75, 3.05) is 19.7 Å². The Hall–Kier alpha value is -2.02. The van der Waals surface area contributed by atoms with Crippen molar-refractivity contribution in [3.8, 4) is 0 Å². The Bertz CT molecular complexity index is 473. The van der Waals surface area contributed by atoms with E-state index in [2.05, 4.69) is 0 Å². The smallest absolute Gasteiger partial charge is 0.282 e. The van der Waals surface area contributed by atoms with Crippen LogP contribution in [0, 0.1) is 15.9 Å². The predicted molar refractivity (Wildman–Crippen MR) is 66.3 cm³/mol. The van der Waals surface area contributed by atoms with E-state index in [-0.39, 0.29) is 18.7 Å². The lowest BCUT2D eigenvalue weighted by Crippen LogP contribution is -2.34. The number of halogens is 1. The predicted octanol–water partition coefficient (Wildman–Crippen LogP) is 1.58. The number of nitrogens with zero attached hydrogens (tertiary/aromatic N) is 2. The molecule has 0 bridgehead atoms. The molecule has 0 radical (unpaired) electrons. The van der Waals surface area contributed by atoms with E-state index in [1.807, 2.05) is 6.92 Å². The highest BCUT2D eigenvalue weighted by molar-refractivity contribution is 5.98. The highest BCUT2D eigenvalue weighted by atomic mass is 19.1. The number of hydrogen-bond acceptors (Lipinski definition) is 4. The minimum absolute atomic E-state index is 0.0559. The summed E-state index contributed by atoms with van der Waals surface area (Å²) < 4.78 is 13.2. The SMILES string of the molecule is CCCN(CCO)C(=O)c1cc(F)ccc1[N+](=O)[O-]. The Morgan fingerprint density at radius 3 is 2.68 bits per heavy atom. The first kappa shape index (κ1) is 15.0. The number of benzene rings is 1. The lowest BCUT2D eigenvalue weighted by molar-refractivity contribution is -0.385. The first-order valence-corrected chi connectivity index (χ1v) is 5.85. The van der Waals surface area contributed by atoms with E-state index in [0.29, 0.717) is 13.0 Å². The largest absolute Gasteiger partial charge is 0.395 e. The van der Waals surface area contributed by atoms with E-state index in [9.17, 15) is 19.3 Å². The maximum absolute atomic E-state index is 13.2. The summed E-state index contributed by atoms with van der Waals surface area (Å²) in [6.07, 6.45) is 0.634. The zero-order valence-corrected chi connectivity index (χ0v) is 10.5. The van der Waals surface area contributed by atoms with Crippen molar-refractivity contribution in [1.82, 2.24) is 4.90 Å². The summed E-state index contributed by atoms with van der Waals surface area (Å²) in [7, 11) is 0. The van der Waals surface area contributed by atoms with Gasteiger partial charge in [-0.25, -0.2) is 4.39 Å². The number of nitro groups is 1. The van der Waals surface area contributed by atoms with Crippen LogP contribution in [0.4, 0.5) is 10.1 Å². The molecule has 6 nitrogen and oxygen atoms in total. The first-order chi connectivity index (χ1) is 9.01. The Balaban J connectivity index is 3.15. The topological polar surface area (TPSA) is 83.7 Å². The van der Waals surface area contributed by atoms with E-state index in [1.165, 1.54) is 4.90 Å². The number of aliphatic hydroxyl groups is 1. The van der Waals surface area contributed by atoms with Gasteiger partial charge in [0.05, 0.1) is 11.5 Å². The highest BCUT2D eigenvalue weighted by Crippen LogP contribution is 2.21. The molecule has 0 aliphatic carbocycles. The molecule has 104 valence electrons. The van der Waals surface area contributed by atoms with Crippen LogP contribution in [-0.2, 0) is 0 Å². The van der Waals surface area contributed by atoms with Gasteiger partial charge < -0.3 is 10.0 Å². The molecular weight excluding hydrogens is 255 g/mol. The second-order valence-electron chi connectivity index (χ2n) is 3.93. The third-order valence-corrected chi connectivity index (χ3v) is 2.54. The van der Waals surface area contributed by atoms with Gasteiger partial charge in [-0.3, -0.25) is 14.9 Å². The molecule has 0 aliphatic heterocycles. The molecule has 1 aromatic carbocycles. The number of aliphatic hydroxyl groups excluding tert-OH is 1. The molecule has 1 amide bonds. The maximum Gasteiger partial charge on any atom is 0.282 e. The molecule has 1 rings (SSSR count). The summed E-state index contributed by atoms with van der Waals surface area (Å²) in [5.41, 5.74) is -0.739. The van der Waals surface area contributed by atoms with E-state index >= 15 is 0 Å². The number of hydrogen-bond donors (Lipinski definition) is 1. The van der Waals surface area contributed by atoms with Crippen LogP contribution in [0.5, 0.6) is 0 Å². The van der Waals surface area contributed by atoms with Gasteiger partial charge in [0.1, 0.15) is 11.4 Å². The summed E-state index contributed by atoms with van der Waals surface area (Å²) in [6.45, 7) is 1.97. The Kier molecular flexibility index (Phi) is 5.37. The van der Waals surface area contributed by atoms with E-state index < -0.39 is 22.3 Å². The van der Waals surface area contributed by atoms with Crippen LogP contribution in [0.1, 0.15) is 23.7 Å². The maximum atomic E-state index is 13.2. The van der Waals surface area contributed by atoms with Crippen LogP contribution in [0.25, 0.3) is 0 Å². The number of amides is 1. The quantitative estimate of drug-likeness (QED) is 0.628. The minimum atomic E-state index is -0.726. The number of carbonyl (C=O) groups is 1. The van der Waals surface area contributed by atoms with Crippen LogP contribution >= 0.6 is 0 Å². The van der Waals surface area contributed by atoms with Gasteiger partial charge in [-0.1, -0.05) is 6.92 Å². The van der Waals surface area contributed by atoms with Crippen molar-refractivity contribution < 1.29 is 19.2 Å². The standard InChI is InChI=1S/C12H15FN2O4/c1-2-5-14(6-7-16)12(17)10-8-9(13)3-4-11(10)15(18)19/h3-4,8,16H,2,5-7H2,1H3. The Morgan fingerprint density at radius 2 is 2.16 bits per heavy atom. The molecule has 0 heterocycles. The molecule has 19 heavy (non-hydrogen) atoms. The van der Waals surface area contributed by atoms with Crippen LogP contribution in [0.15, 0.2) is 18.2 Å². The fraction of sp³-hybridized carbons (Fsp3) is 0.417. The van der Waals surface area contributed by atoms with Crippen LogP contribution in [0.2, 0.25) is 0 Å². The van der Waals surface area contributed by atoms with Crippen molar-refractivity contribution >= 4 is 11.6 Å². The fourth-order valence-electron chi connectivity index (χ4n) is 1.71. The summed E-state index contributed by atoms with van der Waals surface area (Å²) in [6, 6.07) is 2.75. The summed E-state index contributed by atoms with van der Waals surface area (Å²) in [5.74, 6) is -1.36. The Labute approximate surface area is 109 Å². The van der Waals surface area contributed by atoms with Crippen molar-refractivity contribution in [2.24, 2.45) is 0 Å². The highest BCUT2D eigenvalue weighted by Gasteiger charge is 2.24. The van der Waals surface area contributed by atoms with Crippen LogP contribution in [0.3, 0.4) is 0 Å². The molecular formula is C12H15FN2O4. The normalized spacial score (nSPS) is 10.3. The van der Waals surface area contributed by atoms with Gasteiger partial charge in [-0.05, 0) is 18.6 Å². The van der Waals surface area contributed by atoms with Crippen LogP contribution < -0.4 is 0 Å². The van der Waals surface area contributed by atoms with Crippen molar-refractivity contribution in [3.63, 3.8) is 0 Å². The monoisotopic (exact) mass is 270 g/mol. The fourth-order valence-corrected chi connectivity index (χ4v) is 1.71. The van der Waals surface area contributed by atoms with Crippen molar-refractivity contribution in [1.29, 1.82) is 0 Å². The zero-order chi connectivity index (χ0) is 14.4. The Morgan fingerprint density at radius 1 is 1.47 bits per heavy atom. The van der Waals surface area contributed by atoms with Gasteiger partial charge in [0.2, 0.25) is 0 Å². The number of carbonyl (C=O) groups excluding carboxylic acids is 1. The van der Waals surface area contributed by atoms with E-state index in [1.54, 1.807) is 0 Å². The summed E-state index contributed by atoms with van der Waals surface area (Å²) in [5, 5.41) is 19.7. The molecule has 0 unspecified atom stereocenters. The number of nitro benzene ring substituents is 1. The lowest BCUT2D eigenvalue weighted by atomic mass is 10.1. The van der Waals surface area contributed by atoms with E-state index in [0.717, 1.165) is 18.2 Å². The van der Waals surface area contributed by atoms with Gasteiger partial charge in [-0.2, -0.15) is 0 Å². The molecule has 0 spiro atoms. The molecule has 0 atom stereocenters. The molecule has 1 aromatic rings. The number of rotatable bonds is 6. The van der Waals surface area contributed by atoms with Gasteiger partial charge in [0, 0.05) is 19.2 Å². The van der Waals surface area contributed by atoms with Gasteiger partial charge in [-0.15, -0.1) is 0 Å². The third-order valence-electron chi connectivity index (χ3n) is 2.54. The molecule has 7 heteroatoms. The molecule has 1 N–H and O–H groups in total. The van der Waals surface area contributed by atoms with Gasteiger partial charge in [0.15, 0.2) is 0 Å². The van der Waals surface area contributed by atoms with Crippen molar-refractivity contribution in [2.45, 2.75) is 13.3 Å². The second-order valence-corrected chi connectivity index (χ2v) is 3.93. The molecule has 0 saturated carbocycles. The van der Waals surface area contributed by atoms with Gasteiger partial charge in [0.25, 0.3) is 11.6 Å². The summed E-state index contributed by atoms with van der Waals surface area (Å²) >= 11 is 0.